The highest BCUT2D eigenvalue weighted by Gasteiger charge is 2.32. The van der Waals surface area contributed by atoms with Crippen LogP contribution < -0.4 is 14.4 Å². The molecule has 26 heavy (non-hydrogen) atoms. The SMILES string of the molecule is Cc1ccc(C)c(OP(=O)(Oc2cc(C)ccc2C)c2ccccc2)c1. The summed E-state index contributed by atoms with van der Waals surface area (Å²) in [6.45, 7) is 7.82. The Morgan fingerprint density at radius 1 is 0.654 bits per heavy atom. The summed E-state index contributed by atoms with van der Waals surface area (Å²) in [5.74, 6) is 1.14. The molecule has 0 aliphatic heterocycles. The number of aryl methyl sites for hydroxylation is 4. The highest BCUT2D eigenvalue weighted by atomic mass is 31.2. The molecule has 0 saturated carbocycles. The van der Waals surface area contributed by atoms with Crippen molar-refractivity contribution in [3.63, 3.8) is 0 Å². The summed E-state index contributed by atoms with van der Waals surface area (Å²) >= 11 is 0. The fourth-order valence-corrected chi connectivity index (χ4v) is 4.30. The molecule has 0 radical (unpaired) electrons. The average molecular weight is 366 g/mol. The van der Waals surface area contributed by atoms with Crippen LogP contribution in [-0.4, -0.2) is 0 Å². The molecule has 0 heterocycles. The lowest BCUT2D eigenvalue weighted by Crippen LogP contribution is -2.15. The van der Waals surface area contributed by atoms with Gasteiger partial charge in [-0.25, -0.2) is 4.57 Å². The monoisotopic (exact) mass is 366 g/mol. The third-order valence-electron chi connectivity index (χ3n) is 4.20. The van der Waals surface area contributed by atoms with E-state index in [1.165, 1.54) is 0 Å². The van der Waals surface area contributed by atoms with E-state index in [0.717, 1.165) is 22.3 Å². The average Bonchev–Trinajstić information content (AvgIpc) is 2.62. The van der Waals surface area contributed by atoms with Gasteiger partial charge in [0, 0.05) is 0 Å². The van der Waals surface area contributed by atoms with Crippen LogP contribution in [0, 0.1) is 27.7 Å². The molecule has 0 unspecified atom stereocenters. The number of benzene rings is 3. The largest absolute Gasteiger partial charge is 0.462 e. The van der Waals surface area contributed by atoms with Crippen molar-refractivity contribution in [3.8, 4) is 11.5 Å². The summed E-state index contributed by atoms with van der Waals surface area (Å²) in [5, 5.41) is 0.529. The lowest BCUT2D eigenvalue weighted by molar-refractivity contribution is 0.397. The van der Waals surface area contributed by atoms with Gasteiger partial charge in [-0.3, -0.25) is 0 Å². The van der Waals surface area contributed by atoms with Crippen LogP contribution in [0.25, 0.3) is 0 Å². The Morgan fingerprint density at radius 2 is 1.12 bits per heavy atom. The molecule has 0 saturated heterocycles. The first-order valence-corrected chi connectivity index (χ1v) is 10.1. The summed E-state index contributed by atoms with van der Waals surface area (Å²) in [7, 11) is -3.61. The summed E-state index contributed by atoms with van der Waals surface area (Å²) in [6, 6.07) is 20.8. The summed E-state index contributed by atoms with van der Waals surface area (Å²) in [6.07, 6.45) is 0. The van der Waals surface area contributed by atoms with E-state index >= 15 is 0 Å². The molecule has 0 amide bonds. The molecule has 4 heteroatoms. The van der Waals surface area contributed by atoms with Crippen LogP contribution in [0.4, 0.5) is 0 Å². The van der Waals surface area contributed by atoms with E-state index in [1.54, 1.807) is 12.1 Å². The Hall–Kier alpha value is -2.51. The van der Waals surface area contributed by atoms with Gasteiger partial charge in [-0.1, -0.05) is 42.5 Å². The van der Waals surface area contributed by atoms with Crippen molar-refractivity contribution in [3.05, 3.63) is 89.0 Å². The molecule has 3 rings (SSSR count). The molecule has 3 aromatic rings. The summed E-state index contributed by atoms with van der Waals surface area (Å²) in [5.41, 5.74) is 3.90. The number of rotatable bonds is 5. The summed E-state index contributed by atoms with van der Waals surface area (Å²) in [4.78, 5) is 0. The topological polar surface area (TPSA) is 35.5 Å². The number of hydrogen-bond donors (Lipinski definition) is 0. The Kier molecular flexibility index (Phi) is 5.20. The first kappa shape index (κ1) is 18.3. The van der Waals surface area contributed by atoms with Crippen molar-refractivity contribution < 1.29 is 13.6 Å². The van der Waals surface area contributed by atoms with Gasteiger partial charge < -0.3 is 9.05 Å². The van der Waals surface area contributed by atoms with Crippen molar-refractivity contribution in [2.75, 3.05) is 0 Å². The molecule has 3 nitrogen and oxygen atoms in total. The van der Waals surface area contributed by atoms with Gasteiger partial charge in [0.2, 0.25) is 0 Å². The van der Waals surface area contributed by atoms with E-state index in [-0.39, 0.29) is 0 Å². The molecule has 0 aliphatic carbocycles. The van der Waals surface area contributed by atoms with Crippen molar-refractivity contribution in [2.24, 2.45) is 0 Å². The molecule has 0 bridgehead atoms. The fraction of sp³-hybridized carbons (Fsp3) is 0.182. The van der Waals surface area contributed by atoms with Crippen LogP contribution in [-0.2, 0) is 4.57 Å². The third kappa shape index (κ3) is 4.00. The Morgan fingerprint density at radius 3 is 1.58 bits per heavy atom. The smallest absolute Gasteiger partial charge is 0.413 e. The Balaban J connectivity index is 2.07. The van der Waals surface area contributed by atoms with Crippen LogP contribution in [0.3, 0.4) is 0 Å². The van der Waals surface area contributed by atoms with Crippen molar-refractivity contribution >= 4 is 12.9 Å². The molecule has 0 aromatic heterocycles. The second-order valence-corrected chi connectivity index (χ2v) is 8.43. The normalized spacial score (nSPS) is 11.2. The zero-order chi connectivity index (χ0) is 18.7. The minimum absolute atomic E-state index is 0.529. The van der Waals surface area contributed by atoms with E-state index in [4.69, 9.17) is 9.05 Å². The standard InChI is InChI=1S/C22H23O3P/c1-16-10-12-18(3)21(14-16)24-26(23,20-8-6-5-7-9-20)25-22-15-17(2)11-13-19(22)4/h5-15H,1-4H3. The quantitative estimate of drug-likeness (QED) is 0.528. The highest BCUT2D eigenvalue weighted by molar-refractivity contribution is 7.63. The van der Waals surface area contributed by atoms with Gasteiger partial charge in [0.05, 0.1) is 5.30 Å². The molecule has 0 spiro atoms. The van der Waals surface area contributed by atoms with Gasteiger partial charge in [-0.2, -0.15) is 0 Å². The molecule has 0 N–H and O–H groups in total. The van der Waals surface area contributed by atoms with Gasteiger partial charge in [-0.15, -0.1) is 0 Å². The predicted octanol–water partition coefficient (Wildman–Crippen LogP) is 5.90. The molecule has 134 valence electrons. The molecule has 0 fully saturated rings. The van der Waals surface area contributed by atoms with Crippen molar-refractivity contribution in [1.29, 1.82) is 0 Å². The van der Waals surface area contributed by atoms with E-state index in [0.29, 0.717) is 16.8 Å². The van der Waals surface area contributed by atoms with E-state index < -0.39 is 7.60 Å². The molecule has 0 atom stereocenters. The maximum Gasteiger partial charge on any atom is 0.462 e. The van der Waals surface area contributed by atoms with Gasteiger partial charge in [0.15, 0.2) is 0 Å². The van der Waals surface area contributed by atoms with Crippen LogP contribution in [0.15, 0.2) is 66.7 Å². The minimum Gasteiger partial charge on any atom is -0.413 e. The molecule has 0 aliphatic rings. The maximum absolute atomic E-state index is 13.8. The molecular formula is C22H23O3P. The molecule has 3 aromatic carbocycles. The fourth-order valence-electron chi connectivity index (χ4n) is 2.60. The number of hydrogen-bond acceptors (Lipinski definition) is 3. The second kappa shape index (κ2) is 7.39. The summed E-state index contributed by atoms with van der Waals surface area (Å²) < 4.78 is 25.9. The Labute approximate surface area is 155 Å². The zero-order valence-corrected chi connectivity index (χ0v) is 16.4. The third-order valence-corrected chi connectivity index (χ3v) is 6.00. The highest BCUT2D eigenvalue weighted by Crippen LogP contribution is 2.49. The Bertz CT molecular complexity index is 907. The molecular weight excluding hydrogens is 343 g/mol. The van der Waals surface area contributed by atoms with Gasteiger partial charge in [-0.05, 0) is 74.2 Å². The maximum atomic E-state index is 13.8. The second-order valence-electron chi connectivity index (χ2n) is 6.55. The lowest BCUT2D eigenvalue weighted by atomic mass is 10.1. The van der Waals surface area contributed by atoms with Gasteiger partial charge in [0.1, 0.15) is 11.5 Å². The van der Waals surface area contributed by atoms with Crippen molar-refractivity contribution in [2.45, 2.75) is 27.7 Å². The predicted molar refractivity (Wildman–Crippen MR) is 107 cm³/mol. The van der Waals surface area contributed by atoms with Crippen LogP contribution in [0.5, 0.6) is 11.5 Å². The van der Waals surface area contributed by atoms with E-state index in [2.05, 4.69) is 0 Å². The van der Waals surface area contributed by atoms with Crippen LogP contribution in [0.2, 0.25) is 0 Å². The van der Waals surface area contributed by atoms with Gasteiger partial charge >= 0.3 is 7.60 Å². The van der Waals surface area contributed by atoms with Gasteiger partial charge in [0.25, 0.3) is 0 Å². The first-order chi connectivity index (χ1) is 12.4. The van der Waals surface area contributed by atoms with Crippen molar-refractivity contribution in [1.82, 2.24) is 0 Å². The zero-order valence-electron chi connectivity index (χ0n) is 15.5. The van der Waals surface area contributed by atoms with Crippen LogP contribution >= 0.6 is 7.60 Å². The minimum atomic E-state index is -3.61. The van der Waals surface area contributed by atoms with Crippen LogP contribution in [0.1, 0.15) is 22.3 Å². The first-order valence-electron chi connectivity index (χ1n) is 8.57. The van der Waals surface area contributed by atoms with E-state index in [9.17, 15) is 4.57 Å². The lowest BCUT2D eigenvalue weighted by Gasteiger charge is -2.22. The van der Waals surface area contributed by atoms with E-state index in [1.807, 2.05) is 82.3 Å².